The Kier molecular flexibility index (Phi) is 4.96. The maximum Gasteiger partial charge on any atom is 0.326 e. The molecule has 0 spiro atoms. The molecular formula is C11H12FNO3S. The number of aliphatic carboxylic acids is 1. The largest absolute Gasteiger partial charge is 0.480 e. The standard InChI is InChI=1S/C11H12FNO3S/c12-8-4-2-1-3-7(8)10(14)13-9(5-6-17)11(15)16/h1-4,9,17H,5-6H2,(H,13,14)(H,15,16). The Bertz CT molecular complexity index is 425. The number of carboxylic acids is 1. The maximum absolute atomic E-state index is 13.3. The smallest absolute Gasteiger partial charge is 0.326 e. The number of carbonyl (C=O) groups is 2. The van der Waals surface area contributed by atoms with Gasteiger partial charge in [-0.2, -0.15) is 12.6 Å². The number of carbonyl (C=O) groups excluding carboxylic acids is 1. The summed E-state index contributed by atoms with van der Waals surface area (Å²) in [5.41, 5.74) is -0.169. The van der Waals surface area contributed by atoms with Crippen molar-refractivity contribution in [2.45, 2.75) is 12.5 Å². The molecule has 92 valence electrons. The van der Waals surface area contributed by atoms with E-state index in [1.807, 2.05) is 0 Å². The molecule has 0 bridgehead atoms. The van der Waals surface area contributed by atoms with Gasteiger partial charge in [-0.1, -0.05) is 12.1 Å². The Morgan fingerprint density at radius 1 is 1.41 bits per heavy atom. The number of rotatable bonds is 5. The highest BCUT2D eigenvalue weighted by Gasteiger charge is 2.21. The lowest BCUT2D eigenvalue weighted by atomic mass is 10.1. The third kappa shape index (κ3) is 3.74. The summed E-state index contributed by atoms with van der Waals surface area (Å²) in [4.78, 5) is 22.4. The van der Waals surface area contributed by atoms with Crippen molar-refractivity contribution in [2.24, 2.45) is 0 Å². The van der Waals surface area contributed by atoms with Gasteiger partial charge in [0.25, 0.3) is 5.91 Å². The molecule has 1 unspecified atom stereocenters. The Morgan fingerprint density at radius 3 is 2.59 bits per heavy atom. The van der Waals surface area contributed by atoms with Gasteiger partial charge in [-0.3, -0.25) is 4.79 Å². The van der Waals surface area contributed by atoms with Crippen LogP contribution in [0.2, 0.25) is 0 Å². The Labute approximate surface area is 103 Å². The highest BCUT2D eigenvalue weighted by Crippen LogP contribution is 2.07. The molecule has 0 saturated heterocycles. The molecule has 1 amide bonds. The van der Waals surface area contributed by atoms with Gasteiger partial charge in [-0.25, -0.2) is 9.18 Å². The van der Waals surface area contributed by atoms with Crippen LogP contribution in [0.5, 0.6) is 0 Å². The van der Waals surface area contributed by atoms with E-state index >= 15 is 0 Å². The summed E-state index contributed by atoms with van der Waals surface area (Å²) in [6.45, 7) is 0. The zero-order valence-corrected chi connectivity index (χ0v) is 9.78. The molecule has 0 aromatic heterocycles. The van der Waals surface area contributed by atoms with Crippen molar-refractivity contribution in [2.75, 3.05) is 5.75 Å². The molecule has 0 aliphatic heterocycles. The first kappa shape index (κ1) is 13.5. The maximum atomic E-state index is 13.3. The Balaban J connectivity index is 2.77. The minimum atomic E-state index is -1.16. The lowest BCUT2D eigenvalue weighted by Gasteiger charge is -2.13. The van der Waals surface area contributed by atoms with E-state index in [0.717, 1.165) is 6.07 Å². The number of amides is 1. The molecule has 0 fully saturated rings. The third-order valence-electron chi connectivity index (χ3n) is 2.14. The monoisotopic (exact) mass is 257 g/mol. The number of benzene rings is 1. The fourth-order valence-corrected chi connectivity index (χ4v) is 1.53. The number of thiol groups is 1. The summed E-state index contributed by atoms with van der Waals surface area (Å²) >= 11 is 3.90. The molecule has 0 aliphatic carbocycles. The predicted octanol–water partition coefficient (Wildman–Crippen LogP) is 1.33. The van der Waals surface area contributed by atoms with Crippen LogP contribution in [0, 0.1) is 5.82 Å². The molecule has 0 radical (unpaired) electrons. The van der Waals surface area contributed by atoms with Gasteiger partial charge in [0.2, 0.25) is 0 Å². The SMILES string of the molecule is O=C(NC(CCS)C(=O)O)c1ccccc1F. The van der Waals surface area contributed by atoms with Gasteiger partial charge in [0.15, 0.2) is 0 Å². The van der Waals surface area contributed by atoms with E-state index in [0.29, 0.717) is 5.75 Å². The fourth-order valence-electron chi connectivity index (χ4n) is 1.27. The van der Waals surface area contributed by atoms with E-state index in [4.69, 9.17) is 5.11 Å². The summed E-state index contributed by atoms with van der Waals surface area (Å²) in [7, 11) is 0. The summed E-state index contributed by atoms with van der Waals surface area (Å²) < 4.78 is 13.3. The predicted molar refractivity (Wildman–Crippen MR) is 63.8 cm³/mol. The second-order valence-corrected chi connectivity index (χ2v) is 3.80. The molecule has 17 heavy (non-hydrogen) atoms. The van der Waals surface area contributed by atoms with E-state index in [1.165, 1.54) is 18.2 Å². The normalized spacial score (nSPS) is 11.9. The van der Waals surface area contributed by atoms with Crippen molar-refractivity contribution in [3.8, 4) is 0 Å². The molecule has 1 atom stereocenters. The van der Waals surface area contributed by atoms with Crippen LogP contribution in [0.25, 0.3) is 0 Å². The van der Waals surface area contributed by atoms with Crippen LogP contribution >= 0.6 is 12.6 Å². The molecule has 4 nitrogen and oxygen atoms in total. The molecule has 0 saturated carbocycles. The van der Waals surface area contributed by atoms with Crippen LogP contribution in [0.4, 0.5) is 4.39 Å². The molecule has 0 heterocycles. The number of carboxylic acid groups (broad SMARTS) is 1. The third-order valence-corrected chi connectivity index (χ3v) is 2.40. The lowest BCUT2D eigenvalue weighted by Crippen LogP contribution is -2.41. The van der Waals surface area contributed by atoms with E-state index in [-0.39, 0.29) is 12.0 Å². The van der Waals surface area contributed by atoms with Crippen LogP contribution < -0.4 is 5.32 Å². The average Bonchev–Trinajstić information content (AvgIpc) is 2.28. The minimum absolute atomic E-state index is 0.169. The van der Waals surface area contributed by atoms with Gasteiger partial charge in [-0.15, -0.1) is 0 Å². The number of halogens is 1. The average molecular weight is 257 g/mol. The molecule has 1 aromatic carbocycles. The van der Waals surface area contributed by atoms with Crippen LogP contribution in [-0.4, -0.2) is 28.8 Å². The van der Waals surface area contributed by atoms with Crippen LogP contribution in [0.3, 0.4) is 0 Å². The first-order valence-electron chi connectivity index (χ1n) is 4.95. The van der Waals surface area contributed by atoms with Crippen LogP contribution in [0.1, 0.15) is 16.8 Å². The first-order valence-corrected chi connectivity index (χ1v) is 5.58. The molecule has 2 N–H and O–H groups in total. The van der Waals surface area contributed by atoms with Crippen molar-refractivity contribution in [3.05, 3.63) is 35.6 Å². The van der Waals surface area contributed by atoms with Crippen molar-refractivity contribution < 1.29 is 19.1 Å². The van der Waals surface area contributed by atoms with Gasteiger partial charge in [0.05, 0.1) is 5.56 Å². The minimum Gasteiger partial charge on any atom is -0.480 e. The first-order chi connectivity index (χ1) is 8.06. The van der Waals surface area contributed by atoms with E-state index < -0.39 is 23.7 Å². The highest BCUT2D eigenvalue weighted by molar-refractivity contribution is 7.80. The van der Waals surface area contributed by atoms with Gasteiger partial charge in [0, 0.05) is 0 Å². The molecule has 6 heteroatoms. The van der Waals surface area contributed by atoms with E-state index in [1.54, 1.807) is 0 Å². The Morgan fingerprint density at radius 2 is 2.06 bits per heavy atom. The van der Waals surface area contributed by atoms with Gasteiger partial charge >= 0.3 is 5.97 Å². The van der Waals surface area contributed by atoms with Crippen molar-refractivity contribution >= 4 is 24.5 Å². The number of nitrogens with one attached hydrogen (secondary N) is 1. The van der Waals surface area contributed by atoms with Crippen LogP contribution in [-0.2, 0) is 4.79 Å². The quantitative estimate of drug-likeness (QED) is 0.697. The summed E-state index contributed by atoms with van der Waals surface area (Å²) in [5, 5.41) is 11.1. The summed E-state index contributed by atoms with van der Waals surface area (Å²) in [6, 6.07) is 4.34. The topological polar surface area (TPSA) is 66.4 Å². The second-order valence-electron chi connectivity index (χ2n) is 3.36. The Hall–Kier alpha value is -1.56. The zero-order valence-electron chi connectivity index (χ0n) is 8.89. The van der Waals surface area contributed by atoms with Crippen molar-refractivity contribution in [1.82, 2.24) is 5.32 Å². The fraction of sp³-hybridized carbons (Fsp3) is 0.273. The van der Waals surface area contributed by atoms with Gasteiger partial charge in [0.1, 0.15) is 11.9 Å². The summed E-state index contributed by atoms with van der Waals surface area (Å²) in [6.07, 6.45) is 0.179. The van der Waals surface area contributed by atoms with E-state index in [2.05, 4.69) is 17.9 Å². The van der Waals surface area contributed by atoms with Gasteiger partial charge < -0.3 is 10.4 Å². The van der Waals surface area contributed by atoms with Crippen molar-refractivity contribution in [3.63, 3.8) is 0 Å². The molecular weight excluding hydrogens is 245 g/mol. The van der Waals surface area contributed by atoms with E-state index in [9.17, 15) is 14.0 Å². The second kappa shape index (κ2) is 6.24. The van der Waals surface area contributed by atoms with Crippen LogP contribution in [0.15, 0.2) is 24.3 Å². The van der Waals surface area contributed by atoms with Gasteiger partial charge in [-0.05, 0) is 24.3 Å². The molecule has 0 aliphatic rings. The zero-order chi connectivity index (χ0) is 12.8. The lowest BCUT2D eigenvalue weighted by molar-refractivity contribution is -0.139. The number of hydrogen-bond acceptors (Lipinski definition) is 3. The summed E-state index contributed by atoms with van der Waals surface area (Å²) in [5.74, 6) is -2.27. The molecule has 1 rings (SSSR count). The highest BCUT2D eigenvalue weighted by atomic mass is 32.1. The molecule has 1 aromatic rings. The number of hydrogen-bond donors (Lipinski definition) is 3. The van der Waals surface area contributed by atoms with Crippen molar-refractivity contribution in [1.29, 1.82) is 0 Å².